The van der Waals surface area contributed by atoms with Crippen LogP contribution in [0.5, 0.6) is 0 Å². The quantitative estimate of drug-likeness (QED) is 0.442. The minimum Gasteiger partial charge on any atom is -0.312 e. The highest BCUT2D eigenvalue weighted by Gasteiger charge is 2.28. The van der Waals surface area contributed by atoms with Crippen LogP contribution in [0.1, 0.15) is 34.8 Å². The minimum absolute atomic E-state index is 0. The van der Waals surface area contributed by atoms with Gasteiger partial charge in [-0.05, 0) is 44.0 Å². The number of fused-ring (bicyclic) bond motifs is 2. The summed E-state index contributed by atoms with van der Waals surface area (Å²) in [4.78, 5) is 21.6. The summed E-state index contributed by atoms with van der Waals surface area (Å²) in [6.07, 6.45) is 2.75. The number of anilines is 1. The van der Waals surface area contributed by atoms with Crippen LogP contribution in [0.3, 0.4) is 0 Å². The first-order valence-corrected chi connectivity index (χ1v) is 11.7. The van der Waals surface area contributed by atoms with Gasteiger partial charge in [0.15, 0.2) is 5.69 Å². The molecule has 5 rings (SSSR count). The third-order valence-electron chi connectivity index (χ3n) is 5.50. The number of carbonyl (C=O) groups is 1. The Kier molecular flexibility index (Phi) is 6.16. The van der Waals surface area contributed by atoms with E-state index in [0.717, 1.165) is 45.3 Å². The molecule has 1 aliphatic heterocycles. The van der Waals surface area contributed by atoms with Crippen molar-refractivity contribution in [1.82, 2.24) is 19.7 Å². The number of rotatable bonds is 4. The van der Waals surface area contributed by atoms with E-state index in [0.29, 0.717) is 11.7 Å². The molecule has 1 aliphatic rings. The highest BCUT2D eigenvalue weighted by Crippen LogP contribution is 2.46. The SMILES string of the molecule is CC(C)N1CCc2c(sc(NC(=O)c3ccn(C)n3)c2-c2nc3ccccc3s2)C1.Cl. The summed E-state index contributed by atoms with van der Waals surface area (Å²) in [6.45, 7) is 6.40. The topological polar surface area (TPSA) is 63.1 Å². The molecule has 162 valence electrons. The zero-order valence-corrected chi connectivity index (χ0v) is 20.0. The van der Waals surface area contributed by atoms with Crippen molar-refractivity contribution >= 4 is 56.2 Å². The largest absolute Gasteiger partial charge is 0.312 e. The number of thiophene rings is 1. The molecular formula is C22H24ClN5OS2. The fourth-order valence-corrected chi connectivity index (χ4v) is 6.24. The van der Waals surface area contributed by atoms with Gasteiger partial charge in [0.05, 0.1) is 10.2 Å². The second-order valence-corrected chi connectivity index (χ2v) is 9.97. The van der Waals surface area contributed by atoms with E-state index in [-0.39, 0.29) is 18.3 Å². The highest BCUT2D eigenvalue weighted by atomic mass is 35.5. The van der Waals surface area contributed by atoms with Gasteiger partial charge in [-0.2, -0.15) is 5.10 Å². The molecule has 9 heteroatoms. The summed E-state index contributed by atoms with van der Waals surface area (Å²) < 4.78 is 2.80. The number of thiazole rings is 1. The third kappa shape index (κ3) is 4.13. The van der Waals surface area contributed by atoms with Crippen LogP contribution in [-0.2, 0) is 20.0 Å². The van der Waals surface area contributed by atoms with Gasteiger partial charge in [0.2, 0.25) is 0 Å². The van der Waals surface area contributed by atoms with Crippen LogP contribution in [0.25, 0.3) is 20.8 Å². The summed E-state index contributed by atoms with van der Waals surface area (Å²) in [7, 11) is 1.81. The number of carbonyl (C=O) groups excluding carboxylic acids is 1. The second-order valence-electron chi connectivity index (χ2n) is 7.84. The number of hydrogen-bond donors (Lipinski definition) is 1. The number of aryl methyl sites for hydroxylation is 1. The zero-order chi connectivity index (χ0) is 20.8. The third-order valence-corrected chi connectivity index (χ3v) is 7.68. The molecule has 0 atom stereocenters. The first-order valence-electron chi connectivity index (χ1n) is 10.0. The van der Waals surface area contributed by atoms with Crippen molar-refractivity contribution in [1.29, 1.82) is 0 Å². The van der Waals surface area contributed by atoms with Crippen LogP contribution in [0.4, 0.5) is 5.00 Å². The van der Waals surface area contributed by atoms with Gasteiger partial charge in [0.25, 0.3) is 5.91 Å². The van der Waals surface area contributed by atoms with E-state index in [1.165, 1.54) is 10.4 Å². The molecule has 0 unspecified atom stereocenters. The molecular weight excluding hydrogens is 450 g/mol. The smallest absolute Gasteiger partial charge is 0.276 e. The number of benzene rings is 1. The fraction of sp³-hybridized carbons (Fsp3) is 0.318. The van der Waals surface area contributed by atoms with Crippen molar-refractivity contribution in [3.05, 3.63) is 52.7 Å². The van der Waals surface area contributed by atoms with Crippen molar-refractivity contribution in [3.63, 3.8) is 0 Å². The molecule has 4 aromatic rings. The Hall–Kier alpha value is -2.26. The lowest BCUT2D eigenvalue weighted by Gasteiger charge is -2.30. The maximum atomic E-state index is 12.9. The summed E-state index contributed by atoms with van der Waals surface area (Å²) in [5.41, 5.74) is 3.83. The molecule has 1 aromatic carbocycles. The number of nitrogens with one attached hydrogen (secondary N) is 1. The standard InChI is InChI=1S/C22H23N5OS2.ClH/c1-13(2)27-11-8-14-18(12-27)30-22(24-20(28)16-9-10-26(3)25-16)19(14)21-23-15-6-4-5-7-17(15)29-21;/h4-7,9-10,13H,8,11-12H2,1-3H3,(H,24,28);1H. The molecule has 0 saturated heterocycles. The number of halogens is 1. The number of nitrogens with zero attached hydrogens (tertiary/aromatic N) is 4. The van der Waals surface area contributed by atoms with Gasteiger partial charge in [-0.1, -0.05) is 12.1 Å². The average molecular weight is 474 g/mol. The summed E-state index contributed by atoms with van der Waals surface area (Å²) >= 11 is 3.36. The van der Waals surface area contributed by atoms with E-state index < -0.39 is 0 Å². The lowest BCUT2D eigenvalue weighted by atomic mass is 10.0. The minimum atomic E-state index is -0.183. The second kappa shape index (κ2) is 8.70. The van der Waals surface area contributed by atoms with E-state index in [9.17, 15) is 4.79 Å². The van der Waals surface area contributed by atoms with Gasteiger partial charge in [0, 0.05) is 42.8 Å². The first kappa shape index (κ1) is 22.0. The Balaban J connectivity index is 0.00000231. The maximum Gasteiger partial charge on any atom is 0.276 e. The van der Waals surface area contributed by atoms with Gasteiger partial charge < -0.3 is 5.32 Å². The van der Waals surface area contributed by atoms with E-state index in [2.05, 4.69) is 35.2 Å². The predicted octanol–water partition coefficient (Wildman–Crippen LogP) is 5.20. The Bertz CT molecular complexity index is 1210. The van der Waals surface area contributed by atoms with Crippen molar-refractivity contribution in [2.45, 2.75) is 32.9 Å². The van der Waals surface area contributed by atoms with Gasteiger partial charge in [0.1, 0.15) is 10.0 Å². The fourth-order valence-electron chi connectivity index (χ4n) is 3.86. The molecule has 0 bridgehead atoms. The van der Waals surface area contributed by atoms with E-state index in [1.54, 1.807) is 39.6 Å². The number of hydrogen-bond acceptors (Lipinski definition) is 6. The van der Waals surface area contributed by atoms with E-state index in [4.69, 9.17) is 4.98 Å². The van der Waals surface area contributed by atoms with Crippen LogP contribution < -0.4 is 5.32 Å². The molecule has 1 N–H and O–H groups in total. The molecule has 0 spiro atoms. The molecule has 0 aliphatic carbocycles. The Morgan fingerprint density at radius 2 is 2.00 bits per heavy atom. The van der Waals surface area contributed by atoms with E-state index >= 15 is 0 Å². The van der Waals surface area contributed by atoms with Gasteiger partial charge in [-0.3, -0.25) is 14.4 Å². The number of amides is 1. The highest BCUT2D eigenvalue weighted by molar-refractivity contribution is 7.22. The summed E-state index contributed by atoms with van der Waals surface area (Å²) in [5.74, 6) is -0.183. The monoisotopic (exact) mass is 473 g/mol. The summed E-state index contributed by atoms with van der Waals surface area (Å²) in [5, 5.41) is 9.24. The molecule has 0 saturated carbocycles. The Labute approximate surface area is 195 Å². The van der Waals surface area contributed by atoms with Crippen LogP contribution in [0.15, 0.2) is 36.5 Å². The van der Waals surface area contributed by atoms with Gasteiger partial charge >= 0.3 is 0 Å². The van der Waals surface area contributed by atoms with Gasteiger partial charge in [-0.15, -0.1) is 35.1 Å². The lowest BCUT2D eigenvalue weighted by Crippen LogP contribution is -2.35. The molecule has 3 aromatic heterocycles. The van der Waals surface area contributed by atoms with Crippen molar-refractivity contribution < 1.29 is 4.79 Å². The normalized spacial score (nSPS) is 13.9. The van der Waals surface area contributed by atoms with Crippen molar-refractivity contribution in [2.24, 2.45) is 7.05 Å². The van der Waals surface area contributed by atoms with Crippen LogP contribution in [0.2, 0.25) is 0 Å². The molecule has 31 heavy (non-hydrogen) atoms. The maximum absolute atomic E-state index is 12.9. The Morgan fingerprint density at radius 1 is 1.19 bits per heavy atom. The average Bonchev–Trinajstić information content (AvgIpc) is 3.42. The van der Waals surface area contributed by atoms with Crippen LogP contribution in [0, 0.1) is 0 Å². The lowest BCUT2D eigenvalue weighted by molar-refractivity contribution is 0.102. The van der Waals surface area contributed by atoms with E-state index in [1.807, 2.05) is 25.2 Å². The zero-order valence-electron chi connectivity index (χ0n) is 17.6. The van der Waals surface area contributed by atoms with Gasteiger partial charge in [-0.25, -0.2) is 4.98 Å². The Morgan fingerprint density at radius 3 is 2.71 bits per heavy atom. The molecule has 4 heterocycles. The van der Waals surface area contributed by atoms with Crippen molar-refractivity contribution in [2.75, 3.05) is 11.9 Å². The molecule has 0 radical (unpaired) electrons. The number of para-hydroxylation sites is 1. The predicted molar refractivity (Wildman–Crippen MR) is 131 cm³/mol. The first-order chi connectivity index (χ1) is 14.5. The molecule has 1 amide bonds. The molecule has 0 fully saturated rings. The van der Waals surface area contributed by atoms with Crippen molar-refractivity contribution in [3.8, 4) is 10.6 Å². The molecule has 6 nitrogen and oxygen atoms in total. The number of aromatic nitrogens is 3. The van der Waals surface area contributed by atoms with Crippen LogP contribution >= 0.6 is 35.1 Å². The van der Waals surface area contributed by atoms with Crippen LogP contribution in [-0.4, -0.2) is 38.2 Å². The summed E-state index contributed by atoms with van der Waals surface area (Å²) in [6, 6.07) is 10.4.